The minimum absolute atomic E-state index is 0.0153. The summed E-state index contributed by atoms with van der Waals surface area (Å²) in [6, 6.07) is 5.57. The summed E-state index contributed by atoms with van der Waals surface area (Å²) in [6.07, 6.45) is 7.78. The molecule has 110 valence electrons. The molecule has 1 fully saturated rings. The van der Waals surface area contributed by atoms with Crippen molar-refractivity contribution in [2.24, 2.45) is 0 Å². The number of rotatable bonds is 4. The first kappa shape index (κ1) is 13.9. The van der Waals surface area contributed by atoms with Gasteiger partial charge in [0.05, 0.1) is 6.54 Å². The lowest BCUT2D eigenvalue weighted by Gasteiger charge is -2.18. The Morgan fingerprint density at radius 1 is 1.43 bits per heavy atom. The predicted molar refractivity (Wildman–Crippen MR) is 79.3 cm³/mol. The summed E-state index contributed by atoms with van der Waals surface area (Å²) in [5.74, 6) is 0.731. The molecule has 1 amide bonds. The predicted octanol–water partition coefficient (Wildman–Crippen LogP) is 2.22. The Bertz CT molecular complexity index is 615. The third kappa shape index (κ3) is 3.36. The molecule has 0 spiro atoms. The van der Waals surface area contributed by atoms with Gasteiger partial charge in [0.25, 0.3) is 0 Å². The Morgan fingerprint density at radius 3 is 3.00 bits per heavy atom. The van der Waals surface area contributed by atoms with Gasteiger partial charge in [0.1, 0.15) is 23.4 Å². The van der Waals surface area contributed by atoms with Crippen LogP contribution in [0.2, 0.25) is 5.02 Å². The number of carbonyl (C=O) groups excluding carboxylic acids is 1. The van der Waals surface area contributed by atoms with E-state index in [0.717, 1.165) is 6.42 Å². The molecule has 1 atom stereocenters. The zero-order valence-electron chi connectivity index (χ0n) is 11.5. The summed E-state index contributed by atoms with van der Waals surface area (Å²) in [4.78, 5) is 17.9. The van der Waals surface area contributed by atoms with Gasteiger partial charge in [0, 0.05) is 43.8 Å². The van der Waals surface area contributed by atoms with Crippen molar-refractivity contribution in [2.45, 2.75) is 19.1 Å². The minimum atomic E-state index is -0.0153. The number of likely N-dealkylation sites (tertiary alicyclic amines) is 1. The molecule has 0 aromatic carbocycles. The SMILES string of the molecule is O=C(Cn1cccc1)N1CCC(Oc2ccncc2Cl)C1. The fourth-order valence-electron chi connectivity index (χ4n) is 2.42. The molecule has 0 aliphatic carbocycles. The fourth-order valence-corrected chi connectivity index (χ4v) is 2.58. The van der Waals surface area contributed by atoms with Gasteiger partial charge in [-0.05, 0) is 12.1 Å². The van der Waals surface area contributed by atoms with Crippen molar-refractivity contribution < 1.29 is 9.53 Å². The van der Waals surface area contributed by atoms with Crippen LogP contribution in [0.5, 0.6) is 5.75 Å². The van der Waals surface area contributed by atoms with Gasteiger partial charge in [-0.1, -0.05) is 11.6 Å². The average Bonchev–Trinajstić information content (AvgIpc) is 3.13. The number of nitrogens with zero attached hydrogens (tertiary/aromatic N) is 3. The number of carbonyl (C=O) groups is 1. The summed E-state index contributed by atoms with van der Waals surface area (Å²) in [7, 11) is 0. The van der Waals surface area contributed by atoms with E-state index in [9.17, 15) is 4.79 Å². The second kappa shape index (κ2) is 6.18. The number of hydrogen-bond donors (Lipinski definition) is 0. The van der Waals surface area contributed by atoms with Gasteiger partial charge in [0.2, 0.25) is 5.91 Å². The van der Waals surface area contributed by atoms with Gasteiger partial charge in [-0.3, -0.25) is 9.78 Å². The van der Waals surface area contributed by atoms with E-state index in [1.165, 1.54) is 0 Å². The smallest absolute Gasteiger partial charge is 0.242 e. The summed E-state index contributed by atoms with van der Waals surface area (Å²) in [5, 5.41) is 0.495. The maximum absolute atomic E-state index is 12.2. The van der Waals surface area contributed by atoms with Gasteiger partial charge in [-0.15, -0.1) is 0 Å². The van der Waals surface area contributed by atoms with Crippen LogP contribution in [0.25, 0.3) is 0 Å². The molecule has 2 aromatic heterocycles. The first-order valence-electron chi connectivity index (χ1n) is 6.87. The number of ether oxygens (including phenoxy) is 1. The molecule has 0 radical (unpaired) electrons. The van der Waals surface area contributed by atoms with Crippen molar-refractivity contribution in [1.29, 1.82) is 0 Å². The largest absolute Gasteiger partial charge is 0.487 e. The van der Waals surface area contributed by atoms with E-state index in [1.807, 2.05) is 34.0 Å². The molecular weight excluding hydrogens is 290 g/mol. The van der Waals surface area contributed by atoms with Crippen molar-refractivity contribution in [2.75, 3.05) is 13.1 Å². The fraction of sp³-hybridized carbons (Fsp3) is 0.333. The van der Waals surface area contributed by atoms with Gasteiger partial charge >= 0.3 is 0 Å². The first-order valence-corrected chi connectivity index (χ1v) is 7.25. The van der Waals surface area contributed by atoms with E-state index in [0.29, 0.717) is 30.4 Å². The Morgan fingerprint density at radius 2 is 2.24 bits per heavy atom. The van der Waals surface area contributed by atoms with Crippen LogP contribution in [0.4, 0.5) is 0 Å². The molecule has 1 aliphatic heterocycles. The van der Waals surface area contributed by atoms with E-state index in [4.69, 9.17) is 16.3 Å². The van der Waals surface area contributed by atoms with Crippen LogP contribution in [-0.2, 0) is 11.3 Å². The van der Waals surface area contributed by atoms with Gasteiger partial charge in [-0.2, -0.15) is 0 Å². The highest BCUT2D eigenvalue weighted by atomic mass is 35.5. The summed E-state index contributed by atoms with van der Waals surface area (Å²) >= 11 is 6.03. The van der Waals surface area contributed by atoms with Crippen LogP contribution in [0, 0.1) is 0 Å². The van der Waals surface area contributed by atoms with Crippen molar-refractivity contribution in [1.82, 2.24) is 14.5 Å². The summed E-state index contributed by atoms with van der Waals surface area (Å²) in [5.41, 5.74) is 0. The van der Waals surface area contributed by atoms with Crippen LogP contribution in [0.3, 0.4) is 0 Å². The number of hydrogen-bond acceptors (Lipinski definition) is 3. The van der Waals surface area contributed by atoms with Gasteiger partial charge in [0.15, 0.2) is 0 Å². The normalized spacial score (nSPS) is 18.0. The highest BCUT2D eigenvalue weighted by Gasteiger charge is 2.27. The molecule has 3 rings (SSSR count). The lowest BCUT2D eigenvalue weighted by Crippen LogP contribution is -2.33. The standard InChI is InChI=1S/C15H16ClN3O2/c16-13-9-17-5-3-14(13)21-12-4-8-19(10-12)15(20)11-18-6-1-2-7-18/h1-3,5-7,9,12H,4,8,10-11H2. The molecule has 0 N–H and O–H groups in total. The Kier molecular flexibility index (Phi) is 4.10. The van der Waals surface area contributed by atoms with Gasteiger partial charge in [-0.25, -0.2) is 0 Å². The molecule has 3 heterocycles. The van der Waals surface area contributed by atoms with Crippen LogP contribution in [0.15, 0.2) is 43.0 Å². The monoisotopic (exact) mass is 305 g/mol. The number of amides is 1. The summed E-state index contributed by atoms with van der Waals surface area (Å²) in [6.45, 7) is 1.68. The van der Waals surface area contributed by atoms with Crippen LogP contribution < -0.4 is 4.74 Å². The molecule has 5 nitrogen and oxygen atoms in total. The van der Waals surface area contributed by atoms with Crippen LogP contribution in [-0.4, -0.2) is 39.6 Å². The maximum atomic E-state index is 12.2. The second-order valence-corrected chi connectivity index (χ2v) is 5.44. The number of pyridine rings is 1. The van der Waals surface area contributed by atoms with Crippen LogP contribution in [0.1, 0.15) is 6.42 Å². The van der Waals surface area contributed by atoms with E-state index in [2.05, 4.69) is 4.98 Å². The summed E-state index contributed by atoms with van der Waals surface area (Å²) < 4.78 is 7.72. The quantitative estimate of drug-likeness (QED) is 0.870. The lowest BCUT2D eigenvalue weighted by molar-refractivity contribution is -0.131. The maximum Gasteiger partial charge on any atom is 0.242 e. The highest BCUT2D eigenvalue weighted by Crippen LogP contribution is 2.25. The Hall–Kier alpha value is -2.01. The molecule has 2 aromatic rings. The minimum Gasteiger partial charge on any atom is -0.487 e. The molecule has 1 unspecified atom stereocenters. The molecule has 0 saturated carbocycles. The first-order chi connectivity index (χ1) is 10.2. The third-order valence-electron chi connectivity index (χ3n) is 3.51. The third-order valence-corrected chi connectivity index (χ3v) is 3.79. The molecule has 0 bridgehead atoms. The Balaban J connectivity index is 1.56. The van der Waals surface area contributed by atoms with E-state index in [-0.39, 0.29) is 12.0 Å². The van der Waals surface area contributed by atoms with Crippen molar-refractivity contribution in [3.8, 4) is 5.75 Å². The molecule has 21 heavy (non-hydrogen) atoms. The number of halogens is 1. The molecule has 1 saturated heterocycles. The molecule has 6 heteroatoms. The lowest BCUT2D eigenvalue weighted by atomic mass is 10.3. The van der Waals surface area contributed by atoms with Gasteiger partial charge < -0.3 is 14.2 Å². The molecule has 1 aliphatic rings. The van der Waals surface area contributed by atoms with Crippen molar-refractivity contribution in [3.63, 3.8) is 0 Å². The number of aromatic nitrogens is 2. The van der Waals surface area contributed by atoms with E-state index < -0.39 is 0 Å². The topological polar surface area (TPSA) is 47.4 Å². The van der Waals surface area contributed by atoms with Crippen LogP contribution >= 0.6 is 11.6 Å². The van der Waals surface area contributed by atoms with E-state index in [1.54, 1.807) is 18.5 Å². The Labute approximate surface area is 128 Å². The zero-order chi connectivity index (χ0) is 14.7. The zero-order valence-corrected chi connectivity index (χ0v) is 12.2. The van der Waals surface area contributed by atoms with Crippen molar-refractivity contribution in [3.05, 3.63) is 48.0 Å². The van der Waals surface area contributed by atoms with Crippen molar-refractivity contribution >= 4 is 17.5 Å². The van der Waals surface area contributed by atoms with E-state index >= 15 is 0 Å². The average molecular weight is 306 g/mol. The highest BCUT2D eigenvalue weighted by molar-refractivity contribution is 6.31. The molecular formula is C15H16ClN3O2. The second-order valence-electron chi connectivity index (χ2n) is 5.03.